The van der Waals surface area contributed by atoms with Gasteiger partial charge < -0.3 is 10.6 Å². The Morgan fingerprint density at radius 3 is 2.66 bits per heavy atom. The molecule has 0 aliphatic carbocycles. The van der Waals surface area contributed by atoms with E-state index < -0.39 is 35.7 Å². The summed E-state index contributed by atoms with van der Waals surface area (Å²) in [5.74, 6) is -2.65. The largest absolute Gasteiger partial charge is 0.324 e. The van der Waals surface area contributed by atoms with Crippen molar-refractivity contribution in [3.05, 3.63) is 29.3 Å². The molecule has 0 saturated carbocycles. The lowest BCUT2D eigenvalue weighted by molar-refractivity contribution is -0.136. The molecule has 1 aromatic carbocycles. The lowest BCUT2D eigenvalue weighted by Gasteiger charge is -2.27. The number of hydrogen-bond donors (Lipinski definition) is 3. The van der Waals surface area contributed by atoms with Gasteiger partial charge in [-0.2, -0.15) is 0 Å². The van der Waals surface area contributed by atoms with Crippen LogP contribution >= 0.6 is 0 Å². The molecule has 29 heavy (non-hydrogen) atoms. The average Bonchev–Trinajstić information content (AvgIpc) is 2.94. The molecule has 9 heteroatoms. The molecular weight excluding hydrogens is 376 g/mol. The van der Waals surface area contributed by atoms with Crippen molar-refractivity contribution in [3.8, 4) is 0 Å². The van der Waals surface area contributed by atoms with E-state index >= 15 is 0 Å². The highest BCUT2D eigenvalue weighted by atomic mass is 16.2. The molecule has 1 fully saturated rings. The van der Waals surface area contributed by atoms with Gasteiger partial charge in [0, 0.05) is 6.42 Å². The first-order valence-electron chi connectivity index (χ1n) is 9.71. The van der Waals surface area contributed by atoms with Crippen molar-refractivity contribution < 1.29 is 24.0 Å². The summed E-state index contributed by atoms with van der Waals surface area (Å²) in [6.45, 7) is 2.03. The van der Waals surface area contributed by atoms with Gasteiger partial charge in [-0.05, 0) is 32.0 Å². The Bertz CT molecular complexity index is 882. The number of anilines is 1. The van der Waals surface area contributed by atoms with Crippen LogP contribution in [0.2, 0.25) is 0 Å². The Hall–Kier alpha value is -3.07. The number of amides is 5. The summed E-state index contributed by atoms with van der Waals surface area (Å²) in [5, 5.41) is 7.86. The molecule has 1 unspecified atom stereocenters. The van der Waals surface area contributed by atoms with Crippen molar-refractivity contribution in [2.75, 3.05) is 12.4 Å². The van der Waals surface area contributed by atoms with Gasteiger partial charge in [0.25, 0.3) is 11.8 Å². The zero-order valence-electron chi connectivity index (χ0n) is 16.4. The van der Waals surface area contributed by atoms with E-state index in [2.05, 4.69) is 16.0 Å². The van der Waals surface area contributed by atoms with Gasteiger partial charge >= 0.3 is 0 Å². The number of nitrogens with one attached hydrogen (secondary N) is 3. The predicted molar refractivity (Wildman–Crippen MR) is 104 cm³/mol. The summed E-state index contributed by atoms with van der Waals surface area (Å²) in [7, 11) is 1.69. The first-order chi connectivity index (χ1) is 13.9. The van der Waals surface area contributed by atoms with E-state index in [0.29, 0.717) is 6.42 Å². The minimum atomic E-state index is -1.04. The molecule has 0 aromatic heterocycles. The molecular formula is C20H24N4O5. The van der Waals surface area contributed by atoms with Crippen LogP contribution in [0.4, 0.5) is 5.69 Å². The smallest absolute Gasteiger partial charge is 0.264 e. The zero-order valence-corrected chi connectivity index (χ0v) is 16.4. The Labute approximate surface area is 168 Å². The second-order valence-corrected chi connectivity index (χ2v) is 7.15. The summed E-state index contributed by atoms with van der Waals surface area (Å²) >= 11 is 0. The van der Waals surface area contributed by atoms with Gasteiger partial charge in [0.2, 0.25) is 17.7 Å². The Morgan fingerprint density at radius 2 is 2.00 bits per heavy atom. The number of hydrogen-bond acceptors (Lipinski definition) is 6. The fourth-order valence-corrected chi connectivity index (χ4v) is 3.65. The van der Waals surface area contributed by atoms with Crippen molar-refractivity contribution in [1.29, 1.82) is 0 Å². The highest BCUT2D eigenvalue weighted by molar-refractivity contribution is 6.26. The SMILES string of the molecule is CCCC[C@H](NC)C(=O)Nc1cccc2c1C(=O)N(C1CCC(=O)NC1=O)C2=O. The number of carbonyl (C=O) groups excluding carboxylic acids is 5. The van der Waals surface area contributed by atoms with Gasteiger partial charge in [-0.15, -0.1) is 0 Å². The summed E-state index contributed by atoms with van der Waals surface area (Å²) in [6.07, 6.45) is 2.58. The van der Waals surface area contributed by atoms with Gasteiger partial charge in [0.05, 0.1) is 22.9 Å². The van der Waals surface area contributed by atoms with Crippen LogP contribution in [-0.4, -0.2) is 53.6 Å². The van der Waals surface area contributed by atoms with Crippen LogP contribution < -0.4 is 16.0 Å². The van der Waals surface area contributed by atoms with E-state index in [9.17, 15) is 24.0 Å². The van der Waals surface area contributed by atoms with Crippen molar-refractivity contribution >= 4 is 35.2 Å². The predicted octanol–water partition coefficient (Wildman–Crippen LogP) is 0.805. The molecule has 0 bridgehead atoms. The number of unbranched alkanes of at least 4 members (excludes halogenated alkanes) is 1. The van der Waals surface area contributed by atoms with Crippen LogP contribution in [0.5, 0.6) is 0 Å². The minimum Gasteiger partial charge on any atom is -0.324 e. The van der Waals surface area contributed by atoms with Gasteiger partial charge in [0.1, 0.15) is 6.04 Å². The normalized spacial score (nSPS) is 19.8. The summed E-state index contributed by atoms with van der Waals surface area (Å²) in [6, 6.07) is 3.16. The molecule has 1 saturated heterocycles. The molecule has 3 N–H and O–H groups in total. The fraction of sp³-hybridized carbons (Fsp3) is 0.450. The van der Waals surface area contributed by atoms with Crippen LogP contribution in [0.1, 0.15) is 59.7 Å². The fourth-order valence-electron chi connectivity index (χ4n) is 3.65. The third kappa shape index (κ3) is 3.91. The molecule has 5 amide bonds. The number of piperidine rings is 1. The maximum absolute atomic E-state index is 13.0. The van der Waals surface area contributed by atoms with Crippen molar-refractivity contribution in [1.82, 2.24) is 15.5 Å². The number of fused-ring (bicyclic) bond motifs is 1. The maximum Gasteiger partial charge on any atom is 0.264 e. The lowest BCUT2D eigenvalue weighted by Crippen LogP contribution is -2.54. The Kier molecular flexibility index (Phi) is 6.07. The van der Waals surface area contributed by atoms with Crippen molar-refractivity contribution in [3.63, 3.8) is 0 Å². The number of imide groups is 2. The number of nitrogens with zero attached hydrogens (tertiary/aromatic N) is 1. The molecule has 0 radical (unpaired) electrons. The number of carbonyl (C=O) groups is 5. The van der Waals surface area contributed by atoms with Gasteiger partial charge in [0.15, 0.2) is 0 Å². The van der Waals surface area contributed by atoms with E-state index in [-0.39, 0.29) is 35.6 Å². The van der Waals surface area contributed by atoms with Gasteiger partial charge in [-0.1, -0.05) is 25.8 Å². The summed E-state index contributed by atoms with van der Waals surface area (Å²) in [5.41, 5.74) is 0.436. The van der Waals surface area contributed by atoms with Crippen LogP contribution in [0, 0.1) is 0 Å². The molecule has 2 atom stereocenters. The summed E-state index contributed by atoms with van der Waals surface area (Å²) < 4.78 is 0. The second kappa shape index (κ2) is 8.52. The first kappa shape index (κ1) is 20.7. The molecule has 0 spiro atoms. The zero-order chi connectivity index (χ0) is 21.1. The van der Waals surface area contributed by atoms with Gasteiger partial charge in [-0.3, -0.25) is 34.2 Å². The maximum atomic E-state index is 13.0. The van der Waals surface area contributed by atoms with Crippen LogP contribution in [0.3, 0.4) is 0 Å². The Morgan fingerprint density at radius 1 is 1.24 bits per heavy atom. The van der Waals surface area contributed by atoms with Crippen LogP contribution in [-0.2, 0) is 14.4 Å². The highest BCUT2D eigenvalue weighted by Crippen LogP contribution is 2.32. The lowest BCUT2D eigenvalue weighted by atomic mass is 10.0. The van der Waals surface area contributed by atoms with Crippen LogP contribution in [0.15, 0.2) is 18.2 Å². The molecule has 3 rings (SSSR count). The van der Waals surface area contributed by atoms with E-state index in [4.69, 9.17) is 0 Å². The average molecular weight is 400 g/mol. The summed E-state index contributed by atoms with van der Waals surface area (Å²) in [4.78, 5) is 62.9. The van der Waals surface area contributed by atoms with E-state index in [0.717, 1.165) is 17.7 Å². The molecule has 9 nitrogen and oxygen atoms in total. The standard InChI is InChI=1S/C20H24N4O5/c1-3-4-7-13(21-2)17(26)22-12-8-5-6-11-16(12)20(29)24(19(11)28)14-9-10-15(25)23-18(14)27/h5-6,8,13-14,21H,3-4,7,9-10H2,1-2H3,(H,22,26)(H,23,25,27)/t13-,14?/m0/s1. The minimum absolute atomic E-state index is 0.0503. The first-order valence-corrected chi connectivity index (χ1v) is 9.71. The monoisotopic (exact) mass is 400 g/mol. The number of rotatable bonds is 7. The third-order valence-corrected chi connectivity index (χ3v) is 5.24. The molecule has 2 aliphatic heterocycles. The topological polar surface area (TPSA) is 125 Å². The van der Waals surface area contributed by atoms with E-state index in [1.54, 1.807) is 19.2 Å². The molecule has 2 aliphatic rings. The molecule has 154 valence electrons. The van der Waals surface area contributed by atoms with E-state index in [1.165, 1.54) is 6.07 Å². The number of benzene rings is 1. The molecule has 2 heterocycles. The third-order valence-electron chi connectivity index (χ3n) is 5.24. The van der Waals surface area contributed by atoms with Crippen LogP contribution in [0.25, 0.3) is 0 Å². The quantitative estimate of drug-likeness (QED) is 0.582. The van der Waals surface area contributed by atoms with Crippen molar-refractivity contribution in [2.24, 2.45) is 0 Å². The van der Waals surface area contributed by atoms with E-state index in [1.807, 2.05) is 6.92 Å². The Balaban J connectivity index is 1.86. The second-order valence-electron chi connectivity index (χ2n) is 7.15. The van der Waals surface area contributed by atoms with Gasteiger partial charge in [-0.25, -0.2) is 0 Å². The van der Waals surface area contributed by atoms with Crippen molar-refractivity contribution in [2.45, 2.75) is 51.1 Å². The molecule has 1 aromatic rings. The highest BCUT2D eigenvalue weighted by Gasteiger charge is 2.45. The number of likely N-dealkylation sites (N-methyl/N-ethyl adjacent to an activating group) is 1.